The van der Waals surface area contributed by atoms with Crippen molar-refractivity contribution in [1.29, 1.82) is 0 Å². The standard InChI is InChI=1S/C17H21BrO4/c1-10(2)13-11(17(16(19)20)5-3-6-17)9-12(18)14-15(13)22-8-4-7-21-14/h9-10H,3-8H2,1-2H3,(H,19,20). The van der Waals surface area contributed by atoms with Crippen molar-refractivity contribution in [3.05, 3.63) is 21.7 Å². The Bertz CT molecular complexity index is 605. The molecular formula is C17H21BrO4. The van der Waals surface area contributed by atoms with E-state index in [-0.39, 0.29) is 5.92 Å². The number of carboxylic acids is 1. The number of hydrogen-bond donors (Lipinski definition) is 1. The summed E-state index contributed by atoms with van der Waals surface area (Å²) < 4.78 is 12.6. The van der Waals surface area contributed by atoms with Crippen LogP contribution < -0.4 is 9.47 Å². The zero-order valence-electron chi connectivity index (χ0n) is 12.9. The second-order valence-corrected chi connectivity index (χ2v) is 7.28. The Morgan fingerprint density at radius 1 is 1.23 bits per heavy atom. The molecule has 1 N–H and O–H groups in total. The molecule has 120 valence electrons. The van der Waals surface area contributed by atoms with E-state index < -0.39 is 11.4 Å². The quantitative estimate of drug-likeness (QED) is 0.866. The molecule has 0 atom stereocenters. The van der Waals surface area contributed by atoms with Crippen molar-refractivity contribution in [2.45, 2.75) is 50.9 Å². The fraction of sp³-hybridized carbons (Fsp3) is 0.588. The van der Waals surface area contributed by atoms with Gasteiger partial charge in [-0.2, -0.15) is 0 Å². The summed E-state index contributed by atoms with van der Waals surface area (Å²) in [5.41, 5.74) is 1.10. The Morgan fingerprint density at radius 2 is 1.86 bits per heavy atom. The van der Waals surface area contributed by atoms with E-state index >= 15 is 0 Å². The second-order valence-electron chi connectivity index (χ2n) is 6.42. The summed E-state index contributed by atoms with van der Waals surface area (Å²) in [4.78, 5) is 11.9. The van der Waals surface area contributed by atoms with Crippen LogP contribution in [-0.2, 0) is 10.2 Å². The van der Waals surface area contributed by atoms with Gasteiger partial charge in [0.15, 0.2) is 11.5 Å². The van der Waals surface area contributed by atoms with Crippen molar-refractivity contribution < 1.29 is 19.4 Å². The smallest absolute Gasteiger partial charge is 0.314 e. The molecule has 1 aromatic carbocycles. The molecule has 0 saturated heterocycles. The summed E-state index contributed by atoms with van der Waals surface area (Å²) in [5, 5.41) is 9.81. The fourth-order valence-electron chi connectivity index (χ4n) is 3.41. The third-order valence-corrected chi connectivity index (χ3v) is 5.31. The number of halogens is 1. The van der Waals surface area contributed by atoms with E-state index in [1.807, 2.05) is 6.07 Å². The van der Waals surface area contributed by atoms with Gasteiger partial charge in [0.2, 0.25) is 0 Å². The number of benzene rings is 1. The molecule has 1 saturated carbocycles. The fourth-order valence-corrected chi connectivity index (χ4v) is 3.93. The third-order valence-electron chi connectivity index (χ3n) is 4.72. The summed E-state index contributed by atoms with van der Waals surface area (Å²) in [6, 6.07) is 1.94. The lowest BCUT2D eigenvalue weighted by Crippen LogP contribution is -2.43. The first kappa shape index (κ1) is 15.7. The molecule has 0 spiro atoms. The van der Waals surface area contributed by atoms with Crippen LogP contribution in [0.4, 0.5) is 0 Å². The normalized spacial score (nSPS) is 19.5. The third kappa shape index (κ3) is 2.30. The van der Waals surface area contributed by atoms with E-state index in [1.54, 1.807) is 0 Å². The maximum Gasteiger partial charge on any atom is 0.314 e. The highest BCUT2D eigenvalue weighted by atomic mass is 79.9. The largest absolute Gasteiger partial charge is 0.489 e. The summed E-state index contributed by atoms with van der Waals surface area (Å²) in [7, 11) is 0. The van der Waals surface area contributed by atoms with Gasteiger partial charge >= 0.3 is 5.97 Å². The van der Waals surface area contributed by atoms with Crippen LogP contribution >= 0.6 is 15.9 Å². The van der Waals surface area contributed by atoms with E-state index in [4.69, 9.17) is 9.47 Å². The highest BCUT2D eigenvalue weighted by Crippen LogP contribution is 2.53. The van der Waals surface area contributed by atoms with Crippen LogP contribution in [0.3, 0.4) is 0 Å². The van der Waals surface area contributed by atoms with Crippen molar-refractivity contribution in [1.82, 2.24) is 0 Å². The molecule has 3 rings (SSSR count). The number of carbonyl (C=O) groups is 1. The van der Waals surface area contributed by atoms with Gasteiger partial charge in [-0.25, -0.2) is 0 Å². The molecule has 1 aliphatic carbocycles. The Morgan fingerprint density at radius 3 is 2.36 bits per heavy atom. The van der Waals surface area contributed by atoms with Gasteiger partial charge in [-0.1, -0.05) is 20.3 Å². The Hall–Kier alpha value is -1.23. The van der Waals surface area contributed by atoms with Gasteiger partial charge < -0.3 is 14.6 Å². The van der Waals surface area contributed by atoms with Crippen LogP contribution in [0, 0.1) is 0 Å². The molecule has 1 aliphatic heterocycles. The zero-order chi connectivity index (χ0) is 15.9. The van der Waals surface area contributed by atoms with Crippen molar-refractivity contribution >= 4 is 21.9 Å². The molecule has 1 heterocycles. The predicted molar refractivity (Wildman–Crippen MR) is 87.0 cm³/mol. The Labute approximate surface area is 138 Å². The van der Waals surface area contributed by atoms with Crippen LogP contribution in [-0.4, -0.2) is 24.3 Å². The van der Waals surface area contributed by atoms with E-state index in [1.165, 1.54) is 0 Å². The monoisotopic (exact) mass is 368 g/mol. The van der Waals surface area contributed by atoms with Gasteiger partial charge in [-0.05, 0) is 46.3 Å². The zero-order valence-corrected chi connectivity index (χ0v) is 14.5. The number of fused-ring (bicyclic) bond motifs is 1. The Kier molecular flexibility index (Phi) is 4.10. The second kappa shape index (κ2) is 5.76. The highest BCUT2D eigenvalue weighted by Gasteiger charge is 2.48. The first-order chi connectivity index (χ1) is 10.5. The molecule has 1 aromatic rings. The number of carboxylic acid groups (broad SMARTS) is 1. The average molecular weight is 369 g/mol. The van der Waals surface area contributed by atoms with Crippen molar-refractivity contribution in [2.75, 3.05) is 13.2 Å². The summed E-state index contributed by atoms with van der Waals surface area (Å²) >= 11 is 3.55. The van der Waals surface area contributed by atoms with E-state index in [9.17, 15) is 9.90 Å². The molecule has 0 aromatic heterocycles. The van der Waals surface area contributed by atoms with Crippen LogP contribution in [0.1, 0.15) is 56.6 Å². The lowest BCUT2D eigenvalue weighted by Gasteiger charge is -2.40. The number of hydrogen-bond acceptors (Lipinski definition) is 3. The molecule has 1 fully saturated rings. The number of ether oxygens (including phenoxy) is 2. The molecule has 0 unspecified atom stereocenters. The van der Waals surface area contributed by atoms with Gasteiger partial charge in [0.25, 0.3) is 0 Å². The summed E-state index contributed by atoms with van der Waals surface area (Å²) in [5.74, 6) is 0.881. The minimum Gasteiger partial charge on any atom is -0.489 e. The maximum absolute atomic E-state index is 11.9. The SMILES string of the molecule is CC(C)c1c(C2(C(=O)O)CCC2)cc(Br)c2c1OCCCO2. The van der Waals surface area contributed by atoms with Gasteiger partial charge in [0.05, 0.1) is 23.1 Å². The molecule has 4 nitrogen and oxygen atoms in total. The van der Waals surface area contributed by atoms with E-state index in [0.717, 1.165) is 34.2 Å². The Balaban J connectivity index is 2.24. The van der Waals surface area contributed by atoms with Crippen molar-refractivity contribution in [3.63, 3.8) is 0 Å². The molecule has 22 heavy (non-hydrogen) atoms. The van der Waals surface area contributed by atoms with Gasteiger partial charge in [-0.15, -0.1) is 0 Å². The number of aliphatic carboxylic acids is 1. The highest BCUT2D eigenvalue weighted by molar-refractivity contribution is 9.10. The van der Waals surface area contributed by atoms with Crippen LogP contribution in [0.15, 0.2) is 10.5 Å². The molecule has 0 bridgehead atoms. The lowest BCUT2D eigenvalue weighted by molar-refractivity contribution is -0.147. The van der Waals surface area contributed by atoms with E-state index in [0.29, 0.717) is 31.8 Å². The topological polar surface area (TPSA) is 55.8 Å². The average Bonchev–Trinajstić information content (AvgIpc) is 2.62. The number of rotatable bonds is 3. The minimum atomic E-state index is -0.771. The van der Waals surface area contributed by atoms with Crippen LogP contribution in [0.5, 0.6) is 11.5 Å². The van der Waals surface area contributed by atoms with Crippen LogP contribution in [0.25, 0.3) is 0 Å². The summed E-state index contributed by atoms with van der Waals surface area (Å²) in [6.45, 7) is 5.38. The first-order valence-corrected chi connectivity index (χ1v) is 8.62. The van der Waals surface area contributed by atoms with Crippen molar-refractivity contribution in [2.24, 2.45) is 0 Å². The maximum atomic E-state index is 11.9. The molecular weight excluding hydrogens is 348 g/mol. The predicted octanol–water partition coefficient (Wildman–Crippen LogP) is 4.24. The summed E-state index contributed by atoms with van der Waals surface area (Å²) in [6.07, 6.45) is 3.16. The van der Waals surface area contributed by atoms with Gasteiger partial charge in [0.1, 0.15) is 0 Å². The van der Waals surface area contributed by atoms with Gasteiger partial charge in [-0.3, -0.25) is 4.79 Å². The molecule has 2 aliphatic rings. The van der Waals surface area contributed by atoms with Gasteiger partial charge in [0, 0.05) is 12.0 Å². The minimum absolute atomic E-state index is 0.176. The van der Waals surface area contributed by atoms with Crippen molar-refractivity contribution in [3.8, 4) is 11.5 Å². The van der Waals surface area contributed by atoms with Crippen LogP contribution in [0.2, 0.25) is 0 Å². The molecule has 5 heteroatoms. The molecule has 0 radical (unpaired) electrons. The molecule has 0 amide bonds. The van der Waals surface area contributed by atoms with E-state index in [2.05, 4.69) is 29.8 Å². The first-order valence-electron chi connectivity index (χ1n) is 7.83. The lowest BCUT2D eigenvalue weighted by atomic mass is 9.62.